The minimum Gasteiger partial charge on any atom is -0.504 e. The number of hydrogen-bond donors (Lipinski definition) is 2. The molecule has 3 aliphatic carbocycles. The number of phenolic OH excluding ortho intramolecular Hbond substituents is 1. The fourth-order valence-electron chi connectivity index (χ4n) is 6.77. The summed E-state index contributed by atoms with van der Waals surface area (Å²) in [7, 11) is 0. The highest BCUT2D eigenvalue weighted by Gasteiger charge is 2.64. The fraction of sp³-hybridized carbons (Fsp3) is 0.619. The molecule has 4 nitrogen and oxygen atoms in total. The summed E-state index contributed by atoms with van der Waals surface area (Å²) in [5, 5.41) is 21.0. The molecule has 132 valence electrons. The number of hydrogen-bond acceptors (Lipinski definition) is 4. The maximum atomic E-state index is 10.7. The molecule has 0 amide bonds. The van der Waals surface area contributed by atoms with Crippen molar-refractivity contribution in [3.8, 4) is 11.5 Å². The van der Waals surface area contributed by atoms with Gasteiger partial charge in [-0.3, -0.25) is 4.90 Å². The summed E-state index contributed by atoms with van der Waals surface area (Å²) >= 11 is 0. The summed E-state index contributed by atoms with van der Waals surface area (Å²) in [5.74, 6) is 1.25. The molecule has 2 aliphatic heterocycles. The zero-order chi connectivity index (χ0) is 16.8. The van der Waals surface area contributed by atoms with Crippen LogP contribution < -0.4 is 4.74 Å². The molecule has 1 spiro atoms. The number of aliphatic hydroxyl groups excluding tert-OH is 1. The first kappa shape index (κ1) is 14.6. The van der Waals surface area contributed by atoms with Gasteiger partial charge < -0.3 is 14.9 Å². The lowest BCUT2D eigenvalue weighted by Gasteiger charge is -2.58. The van der Waals surface area contributed by atoms with E-state index in [1.807, 2.05) is 6.08 Å². The monoisotopic (exact) mass is 339 g/mol. The molecule has 2 N–H and O–H groups in total. The first-order chi connectivity index (χ1) is 12.2. The topological polar surface area (TPSA) is 52.9 Å². The van der Waals surface area contributed by atoms with Crippen molar-refractivity contribution in [1.29, 1.82) is 0 Å². The summed E-state index contributed by atoms with van der Waals surface area (Å²) in [6.45, 7) is 1.08. The lowest BCUT2D eigenvalue weighted by molar-refractivity contribution is -0.0621. The summed E-state index contributed by atoms with van der Waals surface area (Å²) in [4.78, 5) is 2.77. The molecule has 5 aliphatic rings. The Balaban J connectivity index is 1.55. The van der Waals surface area contributed by atoms with E-state index >= 15 is 0 Å². The second-order valence-electron chi connectivity index (χ2n) is 8.63. The smallest absolute Gasteiger partial charge is 0.165 e. The standard InChI is InChI=1S/C21H25NO3/c23-16-7-5-12-11-15-14-6-8-17(24)20-21(14,18(12)19(16)25-20)9-10-22(15)13-3-1-2-4-13/h5-8,13-15,17,20,23-24H,1-4,9-11H2/t14-,15+,17-,20-,21-/m0/s1. The summed E-state index contributed by atoms with van der Waals surface area (Å²) in [5.41, 5.74) is 2.37. The maximum absolute atomic E-state index is 10.7. The van der Waals surface area contributed by atoms with Crippen molar-refractivity contribution in [2.75, 3.05) is 6.54 Å². The Hall–Kier alpha value is -1.52. The zero-order valence-corrected chi connectivity index (χ0v) is 14.4. The van der Waals surface area contributed by atoms with Crippen LogP contribution in [0.2, 0.25) is 0 Å². The number of benzene rings is 1. The van der Waals surface area contributed by atoms with E-state index in [9.17, 15) is 10.2 Å². The van der Waals surface area contributed by atoms with E-state index in [1.54, 1.807) is 6.07 Å². The predicted molar refractivity (Wildman–Crippen MR) is 93.9 cm³/mol. The maximum Gasteiger partial charge on any atom is 0.165 e. The molecule has 25 heavy (non-hydrogen) atoms. The normalized spacial score (nSPS) is 41.6. The van der Waals surface area contributed by atoms with Gasteiger partial charge in [0, 0.05) is 29.0 Å². The van der Waals surface area contributed by atoms with Crippen LogP contribution in [0.3, 0.4) is 0 Å². The van der Waals surface area contributed by atoms with E-state index in [0.717, 1.165) is 25.4 Å². The van der Waals surface area contributed by atoms with Crippen molar-refractivity contribution in [1.82, 2.24) is 4.90 Å². The molecule has 6 rings (SSSR count). The number of rotatable bonds is 1. The van der Waals surface area contributed by atoms with Crippen LogP contribution in [-0.2, 0) is 11.8 Å². The SMILES string of the molecule is Oc1ccc2c3c1O[C@H]1[C@@H](O)C=C[C@H]4[C@@H](C2)N(C2CCCC2)CC[C@@]341. The van der Waals surface area contributed by atoms with Gasteiger partial charge in [-0.05, 0) is 43.9 Å². The van der Waals surface area contributed by atoms with E-state index in [2.05, 4.69) is 17.0 Å². The number of phenols is 1. The number of likely N-dealkylation sites (tertiary alicyclic amines) is 1. The molecule has 0 unspecified atom stereocenters. The van der Waals surface area contributed by atoms with E-state index in [0.29, 0.717) is 17.7 Å². The molecule has 5 atom stereocenters. The van der Waals surface area contributed by atoms with Gasteiger partial charge in [-0.15, -0.1) is 0 Å². The molecule has 0 aromatic heterocycles. The quantitative estimate of drug-likeness (QED) is 0.772. The molecule has 2 fully saturated rings. The van der Waals surface area contributed by atoms with Crippen LogP contribution in [0, 0.1) is 5.92 Å². The minimum atomic E-state index is -0.590. The molecule has 1 saturated heterocycles. The number of aliphatic hydroxyl groups is 1. The Morgan fingerprint density at radius 2 is 2.00 bits per heavy atom. The third kappa shape index (κ3) is 1.65. The van der Waals surface area contributed by atoms with E-state index in [4.69, 9.17) is 4.74 Å². The largest absolute Gasteiger partial charge is 0.504 e. The van der Waals surface area contributed by atoms with Gasteiger partial charge >= 0.3 is 0 Å². The molecular weight excluding hydrogens is 314 g/mol. The van der Waals surface area contributed by atoms with Crippen molar-refractivity contribution in [2.24, 2.45) is 5.92 Å². The minimum absolute atomic E-state index is 0.157. The van der Waals surface area contributed by atoms with Gasteiger partial charge in [0.05, 0.1) is 0 Å². The second-order valence-corrected chi connectivity index (χ2v) is 8.63. The average Bonchev–Trinajstić information content (AvgIpc) is 3.24. The Labute approximate surface area is 148 Å². The average molecular weight is 339 g/mol. The van der Waals surface area contributed by atoms with Gasteiger partial charge in [0.2, 0.25) is 0 Å². The van der Waals surface area contributed by atoms with Crippen molar-refractivity contribution in [2.45, 2.75) is 68.2 Å². The molecule has 1 aromatic rings. The number of nitrogens with zero attached hydrogens (tertiary/aromatic N) is 1. The Bertz CT molecular complexity index is 769. The number of ether oxygens (including phenoxy) is 1. The number of piperidine rings is 1. The van der Waals surface area contributed by atoms with Gasteiger partial charge in [-0.2, -0.15) is 0 Å². The fourth-order valence-corrected chi connectivity index (χ4v) is 6.77. The van der Waals surface area contributed by atoms with Gasteiger partial charge in [-0.25, -0.2) is 0 Å². The molecule has 0 radical (unpaired) electrons. The highest BCUT2D eigenvalue weighted by atomic mass is 16.5. The number of aromatic hydroxyl groups is 1. The van der Waals surface area contributed by atoms with Crippen molar-refractivity contribution in [3.05, 3.63) is 35.4 Å². The zero-order valence-electron chi connectivity index (χ0n) is 14.4. The molecule has 4 heteroatoms. The lowest BCUT2D eigenvalue weighted by atomic mass is 9.53. The molecule has 1 saturated carbocycles. The van der Waals surface area contributed by atoms with Crippen LogP contribution in [-0.4, -0.2) is 45.9 Å². The Morgan fingerprint density at radius 1 is 1.16 bits per heavy atom. The second kappa shape index (κ2) is 4.80. The van der Waals surface area contributed by atoms with Crippen LogP contribution in [0.4, 0.5) is 0 Å². The highest BCUT2D eigenvalue weighted by molar-refractivity contribution is 5.61. The van der Waals surface area contributed by atoms with Crippen LogP contribution in [0.15, 0.2) is 24.3 Å². The van der Waals surface area contributed by atoms with Gasteiger partial charge in [0.1, 0.15) is 12.2 Å². The van der Waals surface area contributed by atoms with Crippen LogP contribution in [0.5, 0.6) is 11.5 Å². The molecule has 1 aromatic carbocycles. The lowest BCUT2D eigenvalue weighted by Crippen LogP contribution is -2.66. The third-order valence-electron chi connectivity index (χ3n) is 7.71. The predicted octanol–water partition coefficient (Wildman–Crippen LogP) is 2.51. The van der Waals surface area contributed by atoms with Gasteiger partial charge in [0.15, 0.2) is 11.5 Å². The van der Waals surface area contributed by atoms with E-state index in [1.165, 1.54) is 36.8 Å². The highest BCUT2D eigenvalue weighted by Crippen LogP contribution is 2.62. The molecule has 2 heterocycles. The van der Waals surface area contributed by atoms with Gasteiger partial charge in [-0.1, -0.05) is 31.1 Å². The first-order valence-electron chi connectivity index (χ1n) is 9.84. The summed E-state index contributed by atoms with van der Waals surface area (Å²) in [6.07, 6.45) is 10.8. The van der Waals surface area contributed by atoms with E-state index in [-0.39, 0.29) is 17.3 Å². The van der Waals surface area contributed by atoms with Crippen molar-refractivity contribution < 1.29 is 14.9 Å². The first-order valence-corrected chi connectivity index (χ1v) is 9.84. The van der Waals surface area contributed by atoms with Crippen LogP contribution >= 0.6 is 0 Å². The van der Waals surface area contributed by atoms with Crippen molar-refractivity contribution >= 4 is 0 Å². The Morgan fingerprint density at radius 3 is 2.84 bits per heavy atom. The summed E-state index contributed by atoms with van der Waals surface area (Å²) in [6, 6.07) is 5.09. The Kier molecular flexibility index (Phi) is 2.81. The van der Waals surface area contributed by atoms with E-state index < -0.39 is 6.10 Å². The molecule has 2 bridgehead atoms. The van der Waals surface area contributed by atoms with Crippen LogP contribution in [0.25, 0.3) is 0 Å². The molecular formula is C21H25NO3. The summed E-state index contributed by atoms with van der Waals surface area (Å²) < 4.78 is 6.21. The third-order valence-corrected chi connectivity index (χ3v) is 7.71. The van der Waals surface area contributed by atoms with Crippen molar-refractivity contribution in [3.63, 3.8) is 0 Å². The van der Waals surface area contributed by atoms with Crippen LogP contribution in [0.1, 0.15) is 43.2 Å². The van der Waals surface area contributed by atoms with Gasteiger partial charge in [0.25, 0.3) is 0 Å².